The molecule has 1 heterocycles. The molecule has 0 saturated carbocycles. The number of rotatable bonds is 3. The lowest BCUT2D eigenvalue weighted by Crippen LogP contribution is -2.31. The third-order valence-corrected chi connectivity index (χ3v) is 2.64. The van der Waals surface area contributed by atoms with Crippen LogP contribution in [0, 0.1) is 0 Å². The molecule has 0 aliphatic carbocycles. The number of anilines is 1. The first-order valence-corrected chi connectivity index (χ1v) is 5.90. The number of hydrogen-bond donors (Lipinski definition) is 2. The maximum absolute atomic E-state index is 12.6. The van der Waals surface area contributed by atoms with E-state index in [0.29, 0.717) is 5.82 Å². The summed E-state index contributed by atoms with van der Waals surface area (Å²) in [7, 11) is 1.49. The molecule has 1 aromatic heterocycles. The summed E-state index contributed by atoms with van der Waals surface area (Å²) in [5.41, 5.74) is -0.752. The highest BCUT2D eigenvalue weighted by atomic mass is 19.4. The maximum atomic E-state index is 12.6. The van der Waals surface area contributed by atoms with Gasteiger partial charge in [0.15, 0.2) is 0 Å². The van der Waals surface area contributed by atoms with E-state index in [0.717, 1.165) is 12.1 Å². The third kappa shape index (κ3) is 3.94. The van der Waals surface area contributed by atoms with Crippen molar-refractivity contribution in [2.24, 2.45) is 0 Å². The molecule has 1 aromatic carbocycles. The van der Waals surface area contributed by atoms with Crippen molar-refractivity contribution in [3.8, 4) is 0 Å². The van der Waals surface area contributed by atoms with Crippen LogP contribution in [0.15, 0.2) is 30.6 Å². The van der Waals surface area contributed by atoms with Crippen LogP contribution in [0.2, 0.25) is 0 Å². The van der Waals surface area contributed by atoms with Gasteiger partial charge in [0.1, 0.15) is 12.2 Å². The zero-order chi connectivity index (χ0) is 15.5. The van der Waals surface area contributed by atoms with E-state index in [2.05, 4.69) is 20.5 Å². The van der Waals surface area contributed by atoms with Gasteiger partial charge in [-0.2, -0.15) is 18.3 Å². The highest BCUT2D eigenvalue weighted by molar-refractivity contribution is 5.89. The van der Waals surface area contributed by atoms with Gasteiger partial charge in [-0.15, -0.1) is 0 Å². The van der Waals surface area contributed by atoms with Crippen molar-refractivity contribution in [3.63, 3.8) is 0 Å². The Morgan fingerprint density at radius 2 is 2.19 bits per heavy atom. The summed E-state index contributed by atoms with van der Waals surface area (Å²) in [6.07, 6.45) is -3.15. The molecule has 0 atom stereocenters. The molecular weight excluding hydrogens is 287 g/mol. The SMILES string of the molecule is CN(Cc1ncn[nH]1)C(=O)Nc1cccc(C(F)(F)F)c1. The highest BCUT2D eigenvalue weighted by Gasteiger charge is 2.30. The van der Waals surface area contributed by atoms with Gasteiger partial charge in [-0.1, -0.05) is 6.07 Å². The van der Waals surface area contributed by atoms with Crippen LogP contribution in [-0.2, 0) is 12.7 Å². The van der Waals surface area contributed by atoms with Gasteiger partial charge in [-0.3, -0.25) is 5.10 Å². The standard InChI is InChI=1S/C12H12F3N5O/c1-20(6-10-16-7-17-19-10)11(21)18-9-4-2-3-8(5-9)12(13,14)15/h2-5,7H,6H2,1H3,(H,18,21)(H,16,17,19). The number of halogens is 3. The van der Waals surface area contributed by atoms with Crippen LogP contribution in [0.25, 0.3) is 0 Å². The molecular formula is C12H12F3N5O. The smallest absolute Gasteiger partial charge is 0.320 e. The number of urea groups is 1. The van der Waals surface area contributed by atoms with Gasteiger partial charge in [0.2, 0.25) is 0 Å². The molecule has 0 unspecified atom stereocenters. The molecule has 6 nitrogen and oxygen atoms in total. The van der Waals surface area contributed by atoms with Crippen LogP contribution in [0.3, 0.4) is 0 Å². The molecule has 2 rings (SSSR count). The fourth-order valence-electron chi connectivity index (χ4n) is 1.60. The Labute approximate surface area is 118 Å². The number of carbonyl (C=O) groups excluding carboxylic acids is 1. The molecule has 2 N–H and O–H groups in total. The van der Waals surface area contributed by atoms with Crippen molar-refractivity contribution in [3.05, 3.63) is 42.0 Å². The number of aromatic nitrogens is 3. The van der Waals surface area contributed by atoms with Gasteiger partial charge in [0.25, 0.3) is 0 Å². The van der Waals surface area contributed by atoms with E-state index in [4.69, 9.17) is 0 Å². The number of nitrogens with zero attached hydrogens (tertiary/aromatic N) is 3. The first-order chi connectivity index (χ1) is 9.86. The average molecular weight is 299 g/mol. The fraction of sp³-hybridized carbons (Fsp3) is 0.250. The Morgan fingerprint density at radius 3 is 2.81 bits per heavy atom. The lowest BCUT2D eigenvalue weighted by atomic mass is 10.2. The predicted molar refractivity (Wildman–Crippen MR) is 68.3 cm³/mol. The van der Waals surface area contributed by atoms with E-state index in [9.17, 15) is 18.0 Å². The minimum atomic E-state index is -4.45. The van der Waals surface area contributed by atoms with Crippen LogP contribution in [0.1, 0.15) is 11.4 Å². The number of amides is 2. The third-order valence-electron chi connectivity index (χ3n) is 2.64. The topological polar surface area (TPSA) is 73.9 Å². The highest BCUT2D eigenvalue weighted by Crippen LogP contribution is 2.30. The Bertz CT molecular complexity index is 612. The van der Waals surface area contributed by atoms with Crippen molar-refractivity contribution < 1.29 is 18.0 Å². The van der Waals surface area contributed by atoms with Gasteiger partial charge in [0, 0.05) is 12.7 Å². The van der Waals surface area contributed by atoms with E-state index in [-0.39, 0.29) is 12.2 Å². The molecule has 0 spiro atoms. The van der Waals surface area contributed by atoms with Gasteiger partial charge in [-0.05, 0) is 18.2 Å². The van der Waals surface area contributed by atoms with Crippen molar-refractivity contribution in [2.75, 3.05) is 12.4 Å². The second-order valence-corrected chi connectivity index (χ2v) is 4.30. The lowest BCUT2D eigenvalue weighted by molar-refractivity contribution is -0.137. The molecule has 0 aliphatic heterocycles. The molecule has 0 bridgehead atoms. The summed E-state index contributed by atoms with van der Waals surface area (Å²) >= 11 is 0. The van der Waals surface area contributed by atoms with Gasteiger partial charge in [-0.25, -0.2) is 9.78 Å². The second kappa shape index (κ2) is 5.81. The Kier molecular flexibility index (Phi) is 4.10. The molecule has 21 heavy (non-hydrogen) atoms. The molecule has 2 amide bonds. The van der Waals surface area contributed by atoms with Crippen LogP contribution in [-0.4, -0.2) is 33.2 Å². The van der Waals surface area contributed by atoms with E-state index < -0.39 is 17.8 Å². The average Bonchev–Trinajstić information content (AvgIpc) is 2.91. The number of benzene rings is 1. The number of carbonyl (C=O) groups is 1. The summed E-state index contributed by atoms with van der Waals surface area (Å²) in [5.74, 6) is 0.469. The van der Waals surface area contributed by atoms with E-state index in [1.165, 1.54) is 30.4 Å². The fourth-order valence-corrected chi connectivity index (χ4v) is 1.60. The first kappa shape index (κ1) is 14.8. The van der Waals surface area contributed by atoms with Gasteiger partial charge in [0.05, 0.1) is 12.1 Å². The van der Waals surface area contributed by atoms with E-state index >= 15 is 0 Å². The molecule has 0 aliphatic rings. The van der Waals surface area contributed by atoms with Crippen molar-refractivity contribution in [1.29, 1.82) is 0 Å². The van der Waals surface area contributed by atoms with Crippen LogP contribution < -0.4 is 5.32 Å². The van der Waals surface area contributed by atoms with E-state index in [1.807, 2.05) is 0 Å². The van der Waals surface area contributed by atoms with Crippen molar-refractivity contribution in [2.45, 2.75) is 12.7 Å². The Hall–Kier alpha value is -2.58. The largest absolute Gasteiger partial charge is 0.416 e. The molecule has 9 heteroatoms. The number of nitrogens with one attached hydrogen (secondary N) is 2. The number of aromatic amines is 1. The van der Waals surface area contributed by atoms with Crippen LogP contribution >= 0.6 is 0 Å². The summed E-state index contributed by atoms with van der Waals surface area (Å²) in [6, 6.07) is 3.88. The van der Waals surface area contributed by atoms with Crippen molar-refractivity contribution >= 4 is 11.7 Å². The zero-order valence-electron chi connectivity index (χ0n) is 11.0. The Balaban J connectivity index is 2.02. The van der Waals surface area contributed by atoms with Gasteiger partial charge >= 0.3 is 12.2 Å². The zero-order valence-corrected chi connectivity index (χ0v) is 11.0. The van der Waals surface area contributed by atoms with Gasteiger partial charge < -0.3 is 10.2 Å². The maximum Gasteiger partial charge on any atom is 0.416 e. The molecule has 112 valence electrons. The summed E-state index contributed by atoms with van der Waals surface area (Å²) in [5, 5.41) is 8.61. The molecule has 0 fully saturated rings. The van der Waals surface area contributed by atoms with Crippen molar-refractivity contribution in [1.82, 2.24) is 20.1 Å². The lowest BCUT2D eigenvalue weighted by Gasteiger charge is -2.17. The Morgan fingerprint density at radius 1 is 1.43 bits per heavy atom. The summed E-state index contributed by atoms with van der Waals surface area (Å²) in [6.45, 7) is 0.158. The molecule has 2 aromatic rings. The second-order valence-electron chi connectivity index (χ2n) is 4.30. The minimum absolute atomic E-state index is 0.0687. The quantitative estimate of drug-likeness (QED) is 0.914. The summed E-state index contributed by atoms with van der Waals surface area (Å²) < 4.78 is 37.7. The number of alkyl halides is 3. The molecule has 0 radical (unpaired) electrons. The number of hydrogen-bond acceptors (Lipinski definition) is 3. The number of H-pyrrole nitrogens is 1. The van der Waals surface area contributed by atoms with Crippen LogP contribution in [0.4, 0.5) is 23.7 Å². The van der Waals surface area contributed by atoms with Crippen LogP contribution in [0.5, 0.6) is 0 Å². The predicted octanol–water partition coefficient (Wildman–Crippen LogP) is 2.49. The minimum Gasteiger partial charge on any atom is -0.320 e. The normalized spacial score (nSPS) is 11.2. The monoisotopic (exact) mass is 299 g/mol. The van der Waals surface area contributed by atoms with E-state index in [1.54, 1.807) is 0 Å². The summed E-state index contributed by atoms with van der Waals surface area (Å²) in [4.78, 5) is 17.0. The molecule has 0 saturated heterocycles. The first-order valence-electron chi connectivity index (χ1n) is 5.90.